The number of morpholine rings is 1. The van der Waals surface area contributed by atoms with Gasteiger partial charge in [-0.2, -0.15) is 0 Å². The molecule has 0 spiro atoms. The van der Waals surface area contributed by atoms with Gasteiger partial charge in [0.15, 0.2) is 15.0 Å². The number of aromatic nitrogens is 1. The first kappa shape index (κ1) is 18.7. The summed E-state index contributed by atoms with van der Waals surface area (Å²) in [5.41, 5.74) is 8.40. The summed E-state index contributed by atoms with van der Waals surface area (Å²) in [6.07, 6.45) is 0.534. The zero-order valence-corrected chi connectivity index (χ0v) is 16.8. The van der Waals surface area contributed by atoms with Crippen molar-refractivity contribution in [2.45, 2.75) is 23.5 Å². The summed E-state index contributed by atoms with van der Waals surface area (Å²) in [6.45, 7) is 5.38. The number of benzene rings is 1. The van der Waals surface area contributed by atoms with Crippen LogP contribution in [0, 0.1) is 6.92 Å². The van der Waals surface area contributed by atoms with Crippen LogP contribution in [0.15, 0.2) is 23.1 Å². The molecule has 7 nitrogen and oxygen atoms in total. The van der Waals surface area contributed by atoms with Gasteiger partial charge >= 0.3 is 0 Å². The van der Waals surface area contributed by atoms with Gasteiger partial charge < -0.3 is 20.1 Å². The Hall–Kier alpha value is -1.68. The molecule has 27 heavy (non-hydrogen) atoms. The summed E-state index contributed by atoms with van der Waals surface area (Å²) in [5, 5.41) is -0.00853. The molecule has 2 aliphatic heterocycles. The number of nitrogens with zero attached hydrogens (tertiary/aromatic N) is 2. The molecule has 0 aliphatic carbocycles. The number of ether oxygens (including phenoxy) is 2. The van der Waals surface area contributed by atoms with E-state index in [1.165, 1.54) is 11.3 Å². The van der Waals surface area contributed by atoms with Crippen molar-refractivity contribution in [3.63, 3.8) is 0 Å². The molecule has 1 aromatic heterocycles. The van der Waals surface area contributed by atoms with E-state index in [0.29, 0.717) is 36.3 Å². The molecule has 0 radical (unpaired) electrons. The normalized spacial score (nSPS) is 20.9. The molecule has 2 fully saturated rings. The Kier molecular flexibility index (Phi) is 5.11. The van der Waals surface area contributed by atoms with Crippen LogP contribution >= 0.6 is 11.3 Å². The van der Waals surface area contributed by atoms with Gasteiger partial charge in [0, 0.05) is 25.4 Å². The van der Waals surface area contributed by atoms with Crippen LogP contribution in [-0.4, -0.2) is 58.2 Å². The second-order valence-electron chi connectivity index (χ2n) is 6.81. The fourth-order valence-corrected chi connectivity index (χ4v) is 5.98. The van der Waals surface area contributed by atoms with Gasteiger partial charge in [-0.3, -0.25) is 0 Å². The number of nitrogen functional groups attached to an aromatic ring is 1. The molecule has 3 heterocycles. The lowest BCUT2D eigenvalue weighted by molar-refractivity contribution is 0.122. The van der Waals surface area contributed by atoms with Crippen molar-refractivity contribution in [2.75, 3.05) is 50.2 Å². The smallest absolute Gasteiger partial charge is 0.183 e. The van der Waals surface area contributed by atoms with E-state index in [9.17, 15) is 8.42 Å². The SMILES string of the molecule is Cc1nc(N)sc1-c1cc(N2CCOCC2)cc(S(=O)(=O)[C@@H]2CCOC2)c1. The van der Waals surface area contributed by atoms with E-state index in [1.807, 2.05) is 13.0 Å². The van der Waals surface area contributed by atoms with Gasteiger partial charge in [0.25, 0.3) is 0 Å². The maximum absolute atomic E-state index is 13.2. The van der Waals surface area contributed by atoms with Crippen molar-refractivity contribution in [3.05, 3.63) is 23.9 Å². The molecule has 0 unspecified atom stereocenters. The number of nitrogens with two attached hydrogens (primary N) is 1. The monoisotopic (exact) mass is 409 g/mol. The minimum absolute atomic E-state index is 0.256. The van der Waals surface area contributed by atoms with Crippen LogP contribution in [0.5, 0.6) is 0 Å². The van der Waals surface area contributed by atoms with Crippen molar-refractivity contribution in [1.82, 2.24) is 4.98 Å². The second-order valence-corrected chi connectivity index (χ2v) is 10.1. The molecule has 0 amide bonds. The molecular weight excluding hydrogens is 386 g/mol. The number of sulfone groups is 1. The standard InChI is InChI=1S/C18H23N3O4S2/c1-12-17(26-18(19)20-12)13-8-14(21-3-6-24-7-4-21)10-16(9-13)27(22,23)15-2-5-25-11-15/h8-10,15H,2-7,11H2,1H3,(H2,19,20)/t15-/m1/s1. The average Bonchev–Trinajstić information content (AvgIpc) is 3.32. The Balaban J connectivity index is 1.82. The first-order valence-electron chi connectivity index (χ1n) is 8.98. The number of rotatable bonds is 4. The Morgan fingerprint density at radius 2 is 1.96 bits per heavy atom. The Labute approximate surface area is 163 Å². The Morgan fingerprint density at radius 1 is 1.19 bits per heavy atom. The zero-order chi connectivity index (χ0) is 19.0. The molecule has 2 saturated heterocycles. The Bertz CT molecular complexity index is 930. The van der Waals surface area contributed by atoms with Crippen LogP contribution < -0.4 is 10.6 Å². The van der Waals surface area contributed by atoms with Crippen molar-refractivity contribution in [3.8, 4) is 10.4 Å². The molecule has 1 aromatic carbocycles. The number of hydrogen-bond acceptors (Lipinski definition) is 8. The highest BCUT2D eigenvalue weighted by Crippen LogP contribution is 2.37. The van der Waals surface area contributed by atoms with Crippen LogP contribution in [0.4, 0.5) is 10.8 Å². The van der Waals surface area contributed by atoms with Crippen molar-refractivity contribution in [2.24, 2.45) is 0 Å². The molecule has 2 aromatic rings. The highest BCUT2D eigenvalue weighted by atomic mass is 32.2. The lowest BCUT2D eigenvalue weighted by atomic mass is 10.1. The summed E-state index contributed by atoms with van der Waals surface area (Å²) in [4.78, 5) is 7.70. The topological polar surface area (TPSA) is 94.7 Å². The highest BCUT2D eigenvalue weighted by molar-refractivity contribution is 7.92. The number of hydrogen-bond donors (Lipinski definition) is 1. The quantitative estimate of drug-likeness (QED) is 0.826. The summed E-state index contributed by atoms with van der Waals surface area (Å²) in [5.74, 6) is 0. The van der Waals surface area contributed by atoms with E-state index < -0.39 is 15.1 Å². The van der Waals surface area contributed by atoms with Crippen molar-refractivity contribution in [1.29, 1.82) is 0 Å². The molecule has 0 saturated carbocycles. The predicted octanol–water partition coefficient (Wildman–Crippen LogP) is 2.10. The number of aryl methyl sites for hydroxylation is 1. The lowest BCUT2D eigenvalue weighted by Crippen LogP contribution is -2.36. The predicted molar refractivity (Wildman–Crippen MR) is 106 cm³/mol. The molecule has 2 N–H and O–H groups in total. The molecule has 0 bridgehead atoms. The largest absolute Gasteiger partial charge is 0.380 e. The second kappa shape index (κ2) is 7.38. The molecule has 4 rings (SSSR count). The summed E-state index contributed by atoms with van der Waals surface area (Å²) < 4.78 is 37.1. The molecule has 9 heteroatoms. The maximum atomic E-state index is 13.2. The van der Waals surface area contributed by atoms with E-state index in [0.717, 1.165) is 34.9 Å². The third kappa shape index (κ3) is 3.69. The summed E-state index contributed by atoms with van der Waals surface area (Å²) in [6, 6.07) is 5.55. The van der Waals surface area contributed by atoms with Gasteiger partial charge in [0.2, 0.25) is 0 Å². The van der Waals surface area contributed by atoms with Gasteiger partial charge in [-0.1, -0.05) is 11.3 Å². The third-order valence-electron chi connectivity index (χ3n) is 5.00. The van der Waals surface area contributed by atoms with Crippen LogP contribution in [0.25, 0.3) is 10.4 Å². The van der Waals surface area contributed by atoms with Gasteiger partial charge in [0.1, 0.15) is 0 Å². The Morgan fingerprint density at radius 3 is 2.59 bits per heavy atom. The fourth-order valence-electron chi connectivity index (χ4n) is 3.52. The number of thiazole rings is 1. The molecule has 2 aliphatic rings. The molecular formula is C18H23N3O4S2. The first-order chi connectivity index (χ1) is 12.9. The lowest BCUT2D eigenvalue weighted by Gasteiger charge is -2.29. The van der Waals surface area contributed by atoms with E-state index in [1.54, 1.807) is 12.1 Å². The van der Waals surface area contributed by atoms with Crippen LogP contribution in [0.3, 0.4) is 0 Å². The summed E-state index contributed by atoms with van der Waals surface area (Å²) >= 11 is 1.38. The van der Waals surface area contributed by atoms with E-state index in [4.69, 9.17) is 15.2 Å². The van der Waals surface area contributed by atoms with Crippen LogP contribution in [0.2, 0.25) is 0 Å². The van der Waals surface area contributed by atoms with Gasteiger partial charge in [-0.15, -0.1) is 0 Å². The van der Waals surface area contributed by atoms with Crippen molar-refractivity contribution >= 4 is 32.0 Å². The highest BCUT2D eigenvalue weighted by Gasteiger charge is 2.32. The van der Waals surface area contributed by atoms with E-state index in [2.05, 4.69) is 9.88 Å². The van der Waals surface area contributed by atoms with Gasteiger partial charge in [0.05, 0.1) is 40.5 Å². The fraction of sp³-hybridized carbons (Fsp3) is 0.500. The van der Waals surface area contributed by atoms with Crippen LogP contribution in [-0.2, 0) is 19.3 Å². The number of anilines is 2. The van der Waals surface area contributed by atoms with E-state index in [-0.39, 0.29) is 6.61 Å². The van der Waals surface area contributed by atoms with E-state index >= 15 is 0 Å². The minimum Gasteiger partial charge on any atom is -0.380 e. The maximum Gasteiger partial charge on any atom is 0.183 e. The average molecular weight is 410 g/mol. The first-order valence-corrected chi connectivity index (χ1v) is 11.3. The van der Waals surface area contributed by atoms with Gasteiger partial charge in [-0.05, 0) is 37.1 Å². The third-order valence-corrected chi connectivity index (χ3v) is 8.18. The molecule has 1 atom stereocenters. The van der Waals surface area contributed by atoms with Gasteiger partial charge in [-0.25, -0.2) is 13.4 Å². The minimum atomic E-state index is -3.47. The molecule has 146 valence electrons. The zero-order valence-electron chi connectivity index (χ0n) is 15.2. The van der Waals surface area contributed by atoms with Crippen molar-refractivity contribution < 1.29 is 17.9 Å². The summed E-state index contributed by atoms with van der Waals surface area (Å²) in [7, 11) is -3.47. The van der Waals surface area contributed by atoms with Crippen LogP contribution in [0.1, 0.15) is 12.1 Å².